The van der Waals surface area contributed by atoms with Gasteiger partial charge in [-0.2, -0.15) is 13.2 Å². The summed E-state index contributed by atoms with van der Waals surface area (Å²) >= 11 is 0. The first-order chi connectivity index (χ1) is 16.1. The molecule has 4 rings (SSSR count). The summed E-state index contributed by atoms with van der Waals surface area (Å²) in [6.07, 6.45) is -2.18. The van der Waals surface area contributed by atoms with Gasteiger partial charge in [-0.15, -0.1) is 0 Å². The maximum atomic E-state index is 14.6. The molecule has 0 spiro atoms. The van der Waals surface area contributed by atoms with Crippen LogP contribution in [-0.2, 0) is 26.9 Å². The van der Waals surface area contributed by atoms with Crippen LogP contribution in [0.15, 0.2) is 43.0 Å². The van der Waals surface area contributed by atoms with Crippen LogP contribution in [0.3, 0.4) is 0 Å². The zero-order valence-electron chi connectivity index (χ0n) is 17.2. The second-order valence-corrected chi connectivity index (χ2v) is 7.34. The van der Waals surface area contributed by atoms with Crippen molar-refractivity contribution in [2.75, 3.05) is 18.5 Å². The number of alkyl halides is 3. The molecule has 0 saturated carbocycles. The minimum Gasteiger partial charge on any atom is -0.360 e. The lowest BCUT2D eigenvalue weighted by molar-refractivity contribution is -0.140. The van der Waals surface area contributed by atoms with Gasteiger partial charge in [0.15, 0.2) is 11.6 Å². The van der Waals surface area contributed by atoms with E-state index in [1.54, 1.807) is 0 Å². The normalized spacial score (nSPS) is 16.3. The molecular weight excluding hydrogens is 465 g/mol. The van der Waals surface area contributed by atoms with Gasteiger partial charge in [-0.3, -0.25) is 14.2 Å². The Labute approximate surface area is 188 Å². The van der Waals surface area contributed by atoms with Gasteiger partial charge in [-0.05, 0) is 11.6 Å². The third kappa shape index (κ3) is 5.03. The van der Waals surface area contributed by atoms with Crippen molar-refractivity contribution in [3.8, 4) is 5.82 Å². The quantitative estimate of drug-likeness (QED) is 0.547. The maximum Gasteiger partial charge on any atom is 0.419 e. The summed E-state index contributed by atoms with van der Waals surface area (Å²) < 4.78 is 73.9. The molecule has 1 unspecified atom stereocenters. The fraction of sp³-hybridized carbons (Fsp3) is 0.238. The van der Waals surface area contributed by atoms with E-state index >= 15 is 0 Å². The van der Waals surface area contributed by atoms with Crippen molar-refractivity contribution in [2.24, 2.45) is 0 Å². The molecule has 1 aromatic carbocycles. The lowest BCUT2D eigenvalue weighted by atomic mass is 10.1. The number of hydrogen-bond donors (Lipinski definition) is 2. The largest absolute Gasteiger partial charge is 0.419 e. The van der Waals surface area contributed by atoms with Gasteiger partial charge >= 0.3 is 6.18 Å². The van der Waals surface area contributed by atoms with Crippen molar-refractivity contribution in [3.05, 3.63) is 71.4 Å². The van der Waals surface area contributed by atoms with E-state index in [4.69, 9.17) is 4.74 Å². The molecular formula is C21H16F5N5O3. The summed E-state index contributed by atoms with van der Waals surface area (Å²) in [6.45, 7) is 0.0894. The molecule has 2 aromatic heterocycles. The van der Waals surface area contributed by atoms with Crippen LogP contribution in [0.2, 0.25) is 0 Å². The topological polar surface area (TPSA) is 98.1 Å². The Morgan fingerprint density at radius 2 is 2.06 bits per heavy atom. The highest BCUT2D eigenvalue weighted by atomic mass is 19.4. The van der Waals surface area contributed by atoms with Crippen molar-refractivity contribution in [1.82, 2.24) is 19.9 Å². The molecule has 3 heterocycles. The molecule has 0 aliphatic carbocycles. The molecule has 178 valence electrons. The number of rotatable bonds is 5. The van der Waals surface area contributed by atoms with E-state index in [1.807, 2.05) is 0 Å². The molecule has 0 radical (unpaired) electrons. The van der Waals surface area contributed by atoms with Gasteiger partial charge in [0.2, 0.25) is 11.8 Å². The average molecular weight is 481 g/mol. The molecule has 13 heteroatoms. The molecule has 8 nitrogen and oxygen atoms in total. The van der Waals surface area contributed by atoms with Crippen LogP contribution >= 0.6 is 0 Å². The van der Waals surface area contributed by atoms with Crippen molar-refractivity contribution in [2.45, 2.75) is 18.7 Å². The Bertz CT molecular complexity index is 1230. The lowest BCUT2D eigenvalue weighted by Crippen LogP contribution is -2.38. The second-order valence-electron chi connectivity index (χ2n) is 7.34. The number of pyridine rings is 1. The first-order valence-corrected chi connectivity index (χ1v) is 9.84. The number of nitrogens with one attached hydrogen (secondary N) is 2. The predicted molar refractivity (Wildman–Crippen MR) is 107 cm³/mol. The number of ether oxygens (including phenoxy) is 1. The van der Waals surface area contributed by atoms with Crippen molar-refractivity contribution in [3.63, 3.8) is 0 Å². The fourth-order valence-corrected chi connectivity index (χ4v) is 3.31. The average Bonchev–Trinajstić information content (AvgIpc) is 3.25. The number of hydrogen-bond acceptors (Lipinski definition) is 5. The molecule has 1 aliphatic heterocycles. The predicted octanol–water partition coefficient (Wildman–Crippen LogP) is 2.93. The van der Waals surface area contributed by atoms with E-state index in [0.29, 0.717) is 11.8 Å². The van der Waals surface area contributed by atoms with Crippen molar-refractivity contribution >= 4 is 17.5 Å². The lowest BCUT2D eigenvalue weighted by Gasteiger charge is -2.21. The Morgan fingerprint density at radius 3 is 2.74 bits per heavy atom. The van der Waals surface area contributed by atoms with Gasteiger partial charge in [-0.1, -0.05) is 12.1 Å². The molecule has 0 bridgehead atoms. The molecule has 1 saturated heterocycles. The number of carbonyl (C=O) groups is 2. The first kappa shape index (κ1) is 23.3. The van der Waals surface area contributed by atoms with Crippen LogP contribution in [0.5, 0.6) is 0 Å². The summed E-state index contributed by atoms with van der Waals surface area (Å²) in [4.78, 5) is 31.4. The molecule has 34 heavy (non-hydrogen) atoms. The van der Waals surface area contributed by atoms with E-state index in [-0.39, 0.29) is 30.6 Å². The number of halogens is 5. The van der Waals surface area contributed by atoms with Crippen molar-refractivity contribution < 1.29 is 36.3 Å². The number of benzene rings is 1. The number of amides is 2. The number of morpholine rings is 1. The zero-order chi connectivity index (χ0) is 24.5. The van der Waals surface area contributed by atoms with Gasteiger partial charge in [0.25, 0.3) is 0 Å². The van der Waals surface area contributed by atoms with E-state index in [2.05, 4.69) is 20.6 Å². The van der Waals surface area contributed by atoms with Crippen LogP contribution in [0.1, 0.15) is 22.9 Å². The van der Waals surface area contributed by atoms with Crippen LogP contribution < -0.4 is 10.6 Å². The van der Waals surface area contributed by atoms with E-state index in [9.17, 15) is 31.5 Å². The van der Waals surface area contributed by atoms with Crippen LogP contribution in [0.4, 0.5) is 27.6 Å². The summed E-state index contributed by atoms with van der Waals surface area (Å²) in [6, 6.07) is 3.59. The maximum absolute atomic E-state index is 14.6. The van der Waals surface area contributed by atoms with E-state index in [0.717, 1.165) is 24.4 Å². The van der Waals surface area contributed by atoms with Crippen LogP contribution in [-0.4, -0.2) is 39.5 Å². The molecule has 1 fully saturated rings. The number of nitrogens with zero attached hydrogens (tertiary/aromatic N) is 3. The summed E-state index contributed by atoms with van der Waals surface area (Å²) in [5.41, 5.74) is -1.56. The Balaban J connectivity index is 1.44. The summed E-state index contributed by atoms with van der Waals surface area (Å²) in [5.74, 6) is -3.61. The monoisotopic (exact) mass is 481 g/mol. The van der Waals surface area contributed by atoms with E-state index in [1.165, 1.54) is 17.1 Å². The van der Waals surface area contributed by atoms with Gasteiger partial charge < -0.3 is 15.4 Å². The highest BCUT2D eigenvalue weighted by molar-refractivity contribution is 5.92. The van der Waals surface area contributed by atoms with Crippen LogP contribution in [0, 0.1) is 11.6 Å². The standard InChI is InChI=1S/C21H16F5N5O3/c22-14-5-12(30-17(32)4-11-2-1-3-13(19(11)23)21(24,25)26)6-28-20(14)31-8-15(29-10-31)16-7-27-18(33)9-34-16/h1-3,5-6,8,10,16H,4,7,9H2,(H,27,33)(H,30,32). The molecule has 3 aromatic rings. The van der Waals surface area contributed by atoms with Crippen molar-refractivity contribution in [1.29, 1.82) is 0 Å². The zero-order valence-corrected chi connectivity index (χ0v) is 17.2. The van der Waals surface area contributed by atoms with Gasteiger partial charge in [0.1, 0.15) is 24.9 Å². The molecule has 1 aliphatic rings. The molecule has 2 amide bonds. The minimum absolute atomic E-state index is 0.0719. The summed E-state index contributed by atoms with van der Waals surface area (Å²) in [7, 11) is 0. The van der Waals surface area contributed by atoms with Gasteiger partial charge in [0.05, 0.1) is 29.6 Å². The summed E-state index contributed by atoms with van der Waals surface area (Å²) in [5, 5.41) is 4.91. The third-order valence-corrected chi connectivity index (χ3v) is 4.92. The highest BCUT2D eigenvalue weighted by Gasteiger charge is 2.35. The van der Waals surface area contributed by atoms with E-state index < -0.39 is 47.4 Å². The van der Waals surface area contributed by atoms with Crippen LogP contribution in [0.25, 0.3) is 5.82 Å². The fourth-order valence-electron chi connectivity index (χ4n) is 3.31. The smallest absolute Gasteiger partial charge is 0.360 e. The minimum atomic E-state index is -4.90. The highest BCUT2D eigenvalue weighted by Crippen LogP contribution is 2.32. The number of aromatic nitrogens is 3. The first-order valence-electron chi connectivity index (χ1n) is 9.84. The molecule has 1 atom stereocenters. The Morgan fingerprint density at radius 1 is 1.26 bits per heavy atom. The Hall–Kier alpha value is -3.87. The SMILES string of the molecule is O=C1COC(c2cn(-c3ncc(NC(=O)Cc4cccc(C(F)(F)F)c4F)cc3F)cn2)CN1. The molecule has 2 N–H and O–H groups in total. The number of anilines is 1. The van der Waals surface area contributed by atoms with Gasteiger partial charge in [0, 0.05) is 18.8 Å². The number of imidazole rings is 1. The Kier molecular flexibility index (Phi) is 6.28. The van der Waals surface area contributed by atoms with Gasteiger partial charge in [-0.25, -0.2) is 18.7 Å². The number of carbonyl (C=O) groups excluding carboxylic acids is 2. The third-order valence-electron chi connectivity index (χ3n) is 4.92. The second kappa shape index (κ2) is 9.17.